The molecule has 0 spiro atoms. The van der Waals surface area contributed by atoms with Gasteiger partial charge in [0.2, 0.25) is 0 Å². The van der Waals surface area contributed by atoms with Gasteiger partial charge in [-0.2, -0.15) is 5.10 Å². The van der Waals surface area contributed by atoms with Crippen molar-refractivity contribution in [3.63, 3.8) is 0 Å². The van der Waals surface area contributed by atoms with Crippen molar-refractivity contribution in [1.82, 2.24) is 29.9 Å². The molecule has 3 aliphatic rings. The van der Waals surface area contributed by atoms with Gasteiger partial charge in [0.25, 0.3) is 5.91 Å². The second kappa shape index (κ2) is 7.33. The van der Waals surface area contributed by atoms with Crippen molar-refractivity contribution in [2.24, 2.45) is 0 Å². The summed E-state index contributed by atoms with van der Waals surface area (Å²) in [5.41, 5.74) is 1.51. The zero-order valence-electron chi connectivity index (χ0n) is 18.3. The van der Waals surface area contributed by atoms with Crippen molar-refractivity contribution in [2.45, 2.75) is 57.8 Å². The van der Waals surface area contributed by atoms with Crippen LogP contribution >= 0.6 is 0 Å². The molecule has 2 saturated heterocycles. The van der Waals surface area contributed by atoms with Crippen LogP contribution in [0.1, 0.15) is 55.4 Å². The Morgan fingerprint density at radius 1 is 1.26 bits per heavy atom. The quantitative estimate of drug-likeness (QED) is 0.773. The van der Waals surface area contributed by atoms with E-state index in [1.807, 2.05) is 23.6 Å². The molecule has 2 atom stereocenters. The number of hydrogen-bond acceptors (Lipinski definition) is 5. The average Bonchev–Trinajstić information content (AvgIpc) is 3.44. The summed E-state index contributed by atoms with van der Waals surface area (Å²) < 4.78 is 0. The Hall–Kier alpha value is -2.94. The topological polar surface area (TPSA) is 97.5 Å². The molecule has 0 unspecified atom stereocenters. The van der Waals surface area contributed by atoms with Gasteiger partial charge in [0.15, 0.2) is 5.82 Å². The first kappa shape index (κ1) is 20.0. The summed E-state index contributed by atoms with van der Waals surface area (Å²) in [6.45, 7) is 9.44. The Balaban J connectivity index is 1.35. The van der Waals surface area contributed by atoms with Crippen LogP contribution in [0.3, 0.4) is 0 Å². The van der Waals surface area contributed by atoms with Crippen LogP contribution in [0, 0.1) is 0 Å². The molecular formula is C22H29N7O2. The maximum absolute atomic E-state index is 13.6. The molecule has 0 aliphatic carbocycles. The number of fused-ring (bicyclic) bond motifs is 2. The lowest BCUT2D eigenvalue weighted by Crippen LogP contribution is -2.60. The van der Waals surface area contributed by atoms with Crippen molar-refractivity contribution in [1.29, 1.82) is 0 Å². The zero-order chi connectivity index (χ0) is 21.8. The Morgan fingerprint density at radius 2 is 2.10 bits per heavy atom. The number of hydrogen-bond donors (Lipinski definition) is 2. The smallest absolute Gasteiger partial charge is 0.319 e. The van der Waals surface area contributed by atoms with E-state index in [1.165, 1.54) is 6.42 Å². The number of urea groups is 1. The van der Waals surface area contributed by atoms with E-state index >= 15 is 0 Å². The number of nitrogens with zero attached hydrogens (tertiary/aromatic N) is 5. The lowest BCUT2D eigenvalue weighted by molar-refractivity contribution is 0.0454. The van der Waals surface area contributed by atoms with E-state index < -0.39 is 5.54 Å². The number of carbonyl (C=O) groups is 2. The highest BCUT2D eigenvalue weighted by Gasteiger charge is 2.47. The fraction of sp³-hybridized carbons (Fsp3) is 0.545. The van der Waals surface area contributed by atoms with Crippen LogP contribution in [-0.2, 0) is 12.1 Å². The van der Waals surface area contributed by atoms with Crippen molar-refractivity contribution in [2.75, 3.05) is 25.0 Å². The molecule has 0 radical (unpaired) electrons. The third kappa shape index (κ3) is 3.27. The number of piperazine rings is 1. The first-order chi connectivity index (χ1) is 14.9. The molecule has 0 saturated carbocycles. The van der Waals surface area contributed by atoms with Crippen molar-refractivity contribution < 1.29 is 9.59 Å². The highest BCUT2D eigenvalue weighted by Crippen LogP contribution is 2.41. The van der Waals surface area contributed by atoms with E-state index in [2.05, 4.69) is 32.3 Å². The van der Waals surface area contributed by atoms with Crippen LogP contribution in [0.25, 0.3) is 0 Å². The zero-order valence-corrected chi connectivity index (χ0v) is 18.3. The fourth-order valence-electron chi connectivity index (χ4n) is 5.20. The number of nitrogens with one attached hydrogen (secondary N) is 2. The molecule has 31 heavy (non-hydrogen) atoms. The molecule has 0 aromatic carbocycles. The molecular weight excluding hydrogens is 394 g/mol. The second-order valence-electron chi connectivity index (χ2n) is 9.31. The van der Waals surface area contributed by atoms with E-state index in [1.54, 1.807) is 24.4 Å². The summed E-state index contributed by atoms with van der Waals surface area (Å²) in [5, 5.41) is 10.2. The summed E-state index contributed by atoms with van der Waals surface area (Å²) in [4.78, 5) is 36.7. The van der Waals surface area contributed by atoms with E-state index in [9.17, 15) is 9.59 Å². The normalized spacial score (nSPS) is 24.7. The predicted molar refractivity (Wildman–Crippen MR) is 116 cm³/mol. The van der Waals surface area contributed by atoms with Gasteiger partial charge in [0, 0.05) is 36.9 Å². The van der Waals surface area contributed by atoms with Gasteiger partial charge in [0.05, 0.1) is 17.8 Å². The van der Waals surface area contributed by atoms with E-state index in [0.29, 0.717) is 24.1 Å². The summed E-state index contributed by atoms with van der Waals surface area (Å²) in [6, 6.07) is 5.89. The van der Waals surface area contributed by atoms with Crippen molar-refractivity contribution >= 4 is 17.8 Å². The molecule has 3 amide bonds. The first-order valence-corrected chi connectivity index (χ1v) is 11.0. The summed E-state index contributed by atoms with van der Waals surface area (Å²) in [6.07, 6.45) is 3.95. The van der Waals surface area contributed by atoms with Crippen LogP contribution in [0.15, 0.2) is 24.4 Å². The highest BCUT2D eigenvalue weighted by atomic mass is 16.2. The van der Waals surface area contributed by atoms with Gasteiger partial charge in [0.1, 0.15) is 5.69 Å². The van der Waals surface area contributed by atoms with Crippen LogP contribution < -0.4 is 5.32 Å². The minimum atomic E-state index is -0.542. The molecule has 3 aliphatic heterocycles. The molecule has 5 rings (SSSR count). The molecule has 164 valence electrons. The Morgan fingerprint density at radius 3 is 2.87 bits per heavy atom. The SMILES string of the molecule is C[C@H]1CN2CCC[C@H]2CN1C(=O)N1Cc2c(NC(=O)c3ccccn3)n[nH]c2C1(C)C. The Bertz CT molecular complexity index is 1000. The van der Waals surface area contributed by atoms with Crippen LogP contribution in [0.4, 0.5) is 10.6 Å². The van der Waals surface area contributed by atoms with E-state index in [0.717, 1.165) is 37.3 Å². The second-order valence-corrected chi connectivity index (χ2v) is 9.31. The molecule has 5 heterocycles. The minimum absolute atomic E-state index is 0.0515. The summed E-state index contributed by atoms with van der Waals surface area (Å²) in [7, 11) is 0. The monoisotopic (exact) mass is 423 g/mol. The Kier molecular flexibility index (Phi) is 4.73. The Labute approximate surface area is 181 Å². The van der Waals surface area contributed by atoms with E-state index in [4.69, 9.17) is 0 Å². The van der Waals surface area contributed by atoms with Gasteiger partial charge in [-0.1, -0.05) is 6.07 Å². The van der Waals surface area contributed by atoms with Crippen LogP contribution in [-0.4, -0.2) is 73.5 Å². The van der Waals surface area contributed by atoms with Gasteiger partial charge in [-0.05, 0) is 52.3 Å². The number of pyridine rings is 1. The van der Waals surface area contributed by atoms with Crippen LogP contribution in [0.5, 0.6) is 0 Å². The van der Waals surface area contributed by atoms with Crippen molar-refractivity contribution in [3.8, 4) is 0 Å². The van der Waals surface area contributed by atoms with Gasteiger partial charge in [-0.3, -0.25) is 19.8 Å². The molecule has 2 aromatic heterocycles. The molecule has 2 fully saturated rings. The average molecular weight is 424 g/mol. The molecule has 9 nitrogen and oxygen atoms in total. The van der Waals surface area contributed by atoms with Gasteiger partial charge >= 0.3 is 6.03 Å². The number of anilines is 1. The standard InChI is InChI=1S/C22H29N7O2/c1-14-11-27-10-6-7-15(27)12-28(14)21(31)29-13-16-18(22(29,2)3)25-26-19(16)24-20(30)17-8-4-5-9-23-17/h4-5,8-9,14-15H,6-7,10-13H2,1-3H3,(H2,24,25,26,30)/t14-,15-/m0/s1. The lowest BCUT2D eigenvalue weighted by atomic mass is 10.0. The van der Waals surface area contributed by atoms with Crippen molar-refractivity contribution in [3.05, 3.63) is 41.3 Å². The molecule has 9 heteroatoms. The van der Waals surface area contributed by atoms with Crippen LogP contribution in [0.2, 0.25) is 0 Å². The molecule has 0 bridgehead atoms. The molecule has 2 aromatic rings. The summed E-state index contributed by atoms with van der Waals surface area (Å²) in [5.74, 6) is 0.145. The summed E-state index contributed by atoms with van der Waals surface area (Å²) >= 11 is 0. The number of H-pyrrole nitrogens is 1. The first-order valence-electron chi connectivity index (χ1n) is 11.0. The maximum Gasteiger partial charge on any atom is 0.321 e. The lowest BCUT2D eigenvalue weighted by Gasteiger charge is -2.45. The predicted octanol–water partition coefficient (Wildman–Crippen LogP) is 2.40. The van der Waals surface area contributed by atoms with Gasteiger partial charge in [-0.15, -0.1) is 0 Å². The number of aromatic amines is 1. The third-order valence-corrected chi connectivity index (χ3v) is 7.01. The molecule has 2 N–H and O–H groups in total. The van der Waals surface area contributed by atoms with Gasteiger partial charge < -0.3 is 15.1 Å². The third-order valence-electron chi connectivity index (χ3n) is 7.01. The number of amides is 3. The van der Waals surface area contributed by atoms with E-state index in [-0.39, 0.29) is 18.0 Å². The highest BCUT2D eigenvalue weighted by molar-refractivity contribution is 6.02. The largest absolute Gasteiger partial charge is 0.321 e. The number of aromatic nitrogens is 3. The number of carbonyl (C=O) groups excluding carboxylic acids is 2. The maximum atomic E-state index is 13.6. The number of rotatable bonds is 2. The fourth-order valence-corrected chi connectivity index (χ4v) is 5.20. The van der Waals surface area contributed by atoms with Gasteiger partial charge in [-0.25, -0.2) is 4.79 Å². The minimum Gasteiger partial charge on any atom is -0.319 e.